The van der Waals surface area contributed by atoms with Crippen molar-refractivity contribution >= 4 is 29.0 Å². The van der Waals surface area contributed by atoms with Gasteiger partial charge in [-0.1, -0.05) is 13.0 Å². The first kappa shape index (κ1) is 17.4. The molecule has 2 amide bonds. The van der Waals surface area contributed by atoms with E-state index in [0.717, 1.165) is 23.7 Å². The summed E-state index contributed by atoms with van der Waals surface area (Å²) >= 11 is 0.975. The van der Waals surface area contributed by atoms with E-state index < -0.39 is 0 Å². The number of methoxy groups -OCH3 is 1. The molecule has 0 saturated carbocycles. The molecular weight excluding hydrogens is 314 g/mol. The van der Waals surface area contributed by atoms with E-state index >= 15 is 0 Å². The molecule has 1 aromatic rings. The minimum Gasteiger partial charge on any atom is -0.493 e. The van der Waals surface area contributed by atoms with Gasteiger partial charge < -0.3 is 9.47 Å². The van der Waals surface area contributed by atoms with Gasteiger partial charge in [-0.2, -0.15) is 0 Å². The van der Waals surface area contributed by atoms with Crippen LogP contribution in [0.4, 0.5) is 4.79 Å². The summed E-state index contributed by atoms with van der Waals surface area (Å²) in [5.74, 6) is 1.02. The number of thioether (sulfide) groups is 1. The molecule has 0 N–H and O–H groups in total. The highest BCUT2D eigenvalue weighted by atomic mass is 32.2. The number of imide groups is 1. The summed E-state index contributed by atoms with van der Waals surface area (Å²) in [4.78, 5) is 26.2. The third kappa shape index (κ3) is 3.69. The molecular formula is C17H21NO4S. The fraction of sp³-hybridized carbons (Fsp3) is 0.412. The molecule has 1 saturated heterocycles. The molecule has 1 atom stereocenters. The predicted octanol–water partition coefficient (Wildman–Crippen LogP) is 3.93. The molecule has 0 spiro atoms. The largest absolute Gasteiger partial charge is 0.493 e. The van der Waals surface area contributed by atoms with E-state index in [0.29, 0.717) is 23.0 Å². The molecule has 6 heteroatoms. The molecule has 5 nitrogen and oxygen atoms in total. The van der Waals surface area contributed by atoms with Crippen LogP contribution in [-0.4, -0.2) is 35.8 Å². The maximum absolute atomic E-state index is 12.4. The van der Waals surface area contributed by atoms with Crippen molar-refractivity contribution in [3.63, 3.8) is 0 Å². The molecule has 1 aliphatic rings. The second kappa shape index (κ2) is 7.55. The lowest BCUT2D eigenvalue weighted by Crippen LogP contribution is -2.36. The fourth-order valence-electron chi connectivity index (χ4n) is 2.24. The lowest BCUT2D eigenvalue weighted by atomic mass is 10.1. The number of ether oxygens (including phenoxy) is 2. The molecule has 1 aliphatic heterocycles. The first-order valence-electron chi connectivity index (χ1n) is 7.59. The van der Waals surface area contributed by atoms with Gasteiger partial charge in [-0.05, 0) is 55.8 Å². The smallest absolute Gasteiger partial charge is 0.293 e. The molecule has 1 heterocycles. The monoisotopic (exact) mass is 335 g/mol. The SMILES string of the molecule is CCOc1ccc(C=C2SC(=O)N([C@H](C)CC)C2=O)cc1OC. The van der Waals surface area contributed by atoms with E-state index in [1.165, 1.54) is 4.90 Å². The number of carbonyl (C=O) groups excluding carboxylic acids is 2. The zero-order valence-electron chi connectivity index (χ0n) is 13.8. The lowest BCUT2D eigenvalue weighted by Gasteiger charge is -2.19. The van der Waals surface area contributed by atoms with E-state index in [-0.39, 0.29) is 17.2 Å². The highest BCUT2D eigenvalue weighted by molar-refractivity contribution is 8.18. The van der Waals surface area contributed by atoms with Crippen molar-refractivity contribution in [2.75, 3.05) is 13.7 Å². The minimum absolute atomic E-state index is 0.0942. The van der Waals surface area contributed by atoms with Crippen molar-refractivity contribution < 1.29 is 19.1 Å². The van der Waals surface area contributed by atoms with Crippen LogP contribution in [0.1, 0.15) is 32.8 Å². The molecule has 0 radical (unpaired) electrons. The van der Waals surface area contributed by atoms with Crippen LogP contribution in [-0.2, 0) is 4.79 Å². The summed E-state index contributed by atoms with van der Waals surface area (Å²) in [6.07, 6.45) is 2.45. The van der Waals surface area contributed by atoms with Crippen LogP contribution in [0.2, 0.25) is 0 Å². The average molecular weight is 335 g/mol. The Hall–Kier alpha value is -1.95. The van der Waals surface area contributed by atoms with Crippen LogP contribution in [0.5, 0.6) is 11.5 Å². The van der Waals surface area contributed by atoms with Gasteiger partial charge in [0.2, 0.25) is 0 Å². The zero-order valence-corrected chi connectivity index (χ0v) is 14.6. The predicted molar refractivity (Wildman–Crippen MR) is 91.7 cm³/mol. The molecule has 0 bridgehead atoms. The van der Waals surface area contributed by atoms with Crippen LogP contribution in [0.25, 0.3) is 6.08 Å². The van der Waals surface area contributed by atoms with Gasteiger partial charge in [0, 0.05) is 6.04 Å². The maximum atomic E-state index is 12.4. The number of hydrogen-bond donors (Lipinski definition) is 0. The summed E-state index contributed by atoms with van der Waals surface area (Å²) in [6, 6.07) is 5.34. The first-order chi connectivity index (χ1) is 11.0. The molecule has 1 fully saturated rings. The second-order valence-electron chi connectivity index (χ2n) is 5.15. The van der Waals surface area contributed by atoms with Gasteiger partial charge in [-0.15, -0.1) is 0 Å². The number of nitrogens with zero attached hydrogens (tertiary/aromatic N) is 1. The first-order valence-corrected chi connectivity index (χ1v) is 8.41. The third-order valence-electron chi connectivity index (χ3n) is 3.64. The molecule has 1 aromatic carbocycles. The molecule has 124 valence electrons. The Morgan fingerprint density at radius 2 is 2.00 bits per heavy atom. The van der Waals surface area contributed by atoms with E-state index in [4.69, 9.17) is 9.47 Å². The van der Waals surface area contributed by atoms with Gasteiger partial charge in [0.15, 0.2) is 11.5 Å². The minimum atomic E-state index is -0.234. The van der Waals surface area contributed by atoms with E-state index in [1.54, 1.807) is 25.3 Å². The Labute approximate surface area is 140 Å². The van der Waals surface area contributed by atoms with Crippen molar-refractivity contribution in [2.45, 2.75) is 33.2 Å². The summed E-state index contributed by atoms with van der Waals surface area (Å²) in [5, 5.41) is -0.214. The zero-order chi connectivity index (χ0) is 17.0. The molecule has 0 aromatic heterocycles. The molecule has 0 aliphatic carbocycles. The summed E-state index contributed by atoms with van der Waals surface area (Å²) in [6.45, 7) is 6.27. The van der Waals surface area contributed by atoms with Gasteiger partial charge in [0.1, 0.15) is 0 Å². The Bertz CT molecular complexity index is 641. The number of benzene rings is 1. The van der Waals surface area contributed by atoms with Gasteiger partial charge in [-0.3, -0.25) is 14.5 Å². The van der Waals surface area contributed by atoms with Crippen LogP contribution >= 0.6 is 11.8 Å². The summed E-state index contributed by atoms with van der Waals surface area (Å²) in [7, 11) is 1.57. The molecule has 2 rings (SSSR count). The van der Waals surface area contributed by atoms with Crippen molar-refractivity contribution in [3.8, 4) is 11.5 Å². The van der Waals surface area contributed by atoms with E-state index in [1.807, 2.05) is 26.8 Å². The number of carbonyl (C=O) groups is 2. The summed E-state index contributed by atoms with van der Waals surface area (Å²) < 4.78 is 10.8. The Balaban J connectivity index is 2.28. The summed E-state index contributed by atoms with van der Waals surface area (Å²) in [5.41, 5.74) is 0.792. The second-order valence-corrected chi connectivity index (χ2v) is 6.15. The Morgan fingerprint density at radius 3 is 2.61 bits per heavy atom. The van der Waals surface area contributed by atoms with E-state index in [9.17, 15) is 9.59 Å². The van der Waals surface area contributed by atoms with Crippen molar-refractivity contribution in [3.05, 3.63) is 28.7 Å². The lowest BCUT2D eigenvalue weighted by molar-refractivity contribution is -0.124. The topological polar surface area (TPSA) is 55.8 Å². The van der Waals surface area contributed by atoms with Crippen LogP contribution in [0.15, 0.2) is 23.1 Å². The van der Waals surface area contributed by atoms with Crippen LogP contribution in [0, 0.1) is 0 Å². The Morgan fingerprint density at radius 1 is 1.26 bits per heavy atom. The normalized spacial score (nSPS) is 17.7. The van der Waals surface area contributed by atoms with Gasteiger partial charge in [0.25, 0.3) is 11.1 Å². The van der Waals surface area contributed by atoms with Gasteiger partial charge in [0.05, 0.1) is 18.6 Å². The maximum Gasteiger partial charge on any atom is 0.293 e. The van der Waals surface area contributed by atoms with Crippen molar-refractivity contribution in [1.82, 2.24) is 4.90 Å². The third-order valence-corrected chi connectivity index (χ3v) is 4.52. The van der Waals surface area contributed by atoms with Crippen molar-refractivity contribution in [2.24, 2.45) is 0 Å². The van der Waals surface area contributed by atoms with Crippen LogP contribution < -0.4 is 9.47 Å². The molecule has 0 unspecified atom stereocenters. The number of hydrogen-bond acceptors (Lipinski definition) is 5. The van der Waals surface area contributed by atoms with Crippen molar-refractivity contribution in [1.29, 1.82) is 0 Å². The highest BCUT2D eigenvalue weighted by Crippen LogP contribution is 2.35. The van der Waals surface area contributed by atoms with Crippen LogP contribution in [0.3, 0.4) is 0 Å². The standard InChI is InChI=1S/C17H21NO4S/c1-5-11(3)18-16(19)15(23-17(18)20)10-12-7-8-13(22-6-2)14(9-12)21-4/h7-11H,5-6H2,1-4H3/t11-/m1/s1. The highest BCUT2D eigenvalue weighted by Gasteiger charge is 2.37. The number of rotatable bonds is 6. The van der Waals surface area contributed by atoms with Gasteiger partial charge >= 0.3 is 0 Å². The number of amides is 2. The quantitative estimate of drug-likeness (QED) is 0.737. The average Bonchev–Trinajstić information content (AvgIpc) is 2.82. The van der Waals surface area contributed by atoms with E-state index in [2.05, 4.69) is 0 Å². The Kier molecular flexibility index (Phi) is 5.71. The molecule has 23 heavy (non-hydrogen) atoms. The van der Waals surface area contributed by atoms with Gasteiger partial charge in [-0.25, -0.2) is 0 Å². The fourth-order valence-corrected chi connectivity index (χ4v) is 3.17.